The Labute approximate surface area is 223 Å². The molecule has 0 saturated heterocycles. The van der Waals surface area contributed by atoms with Crippen LogP contribution in [0.15, 0.2) is 72.8 Å². The molecule has 38 heavy (non-hydrogen) atoms. The first-order chi connectivity index (χ1) is 18.2. The van der Waals surface area contributed by atoms with Crippen LogP contribution >= 0.6 is 0 Å². The molecular weight excluding hydrogens is 476 g/mol. The predicted molar refractivity (Wildman–Crippen MR) is 152 cm³/mol. The van der Waals surface area contributed by atoms with Crippen LogP contribution in [0.1, 0.15) is 39.9 Å². The molecule has 194 valence electrons. The molecule has 0 bridgehead atoms. The van der Waals surface area contributed by atoms with E-state index >= 15 is 0 Å². The number of aryl methyl sites for hydroxylation is 3. The van der Waals surface area contributed by atoms with E-state index in [1.165, 1.54) is 0 Å². The van der Waals surface area contributed by atoms with Crippen molar-refractivity contribution in [2.45, 2.75) is 27.7 Å². The number of rotatable bonds is 8. The van der Waals surface area contributed by atoms with E-state index in [2.05, 4.69) is 43.5 Å². The van der Waals surface area contributed by atoms with Crippen LogP contribution < -0.4 is 15.4 Å². The Bertz CT molecular complexity index is 1480. The quantitative estimate of drug-likeness (QED) is 0.280. The van der Waals surface area contributed by atoms with Gasteiger partial charge in [-0.2, -0.15) is 0 Å². The number of amides is 1. The average molecular weight is 509 g/mol. The van der Waals surface area contributed by atoms with Gasteiger partial charge in [0.2, 0.25) is 0 Å². The molecule has 0 atom stereocenters. The van der Waals surface area contributed by atoms with Crippen LogP contribution in [0.3, 0.4) is 0 Å². The minimum Gasteiger partial charge on any atom is -0.457 e. The van der Waals surface area contributed by atoms with Gasteiger partial charge in [-0.3, -0.25) is 14.8 Å². The van der Waals surface area contributed by atoms with E-state index in [9.17, 15) is 4.79 Å². The number of hydrogen-bond donors (Lipinski definition) is 2. The molecule has 0 aliphatic heterocycles. The maximum atomic E-state index is 12.9. The number of ether oxygens (including phenoxy) is 1. The highest BCUT2D eigenvalue weighted by molar-refractivity contribution is 6.03. The number of carbonyl (C=O) groups is 1. The molecule has 0 spiro atoms. The molecule has 0 saturated carbocycles. The highest BCUT2D eigenvalue weighted by Gasteiger charge is 2.12. The third-order valence-electron chi connectivity index (χ3n) is 6.07. The van der Waals surface area contributed by atoms with Gasteiger partial charge in [-0.1, -0.05) is 0 Å². The zero-order valence-corrected chi connectivity index (χ0v) is 22.5. The molecule has 1 amide bonds. The second-order valence-electron chi connectivity index (χ2n) is 9.26. The van der Waals surface area contributed by atoms with Crippen molar-refractivity contribution in [3.05, 3.63) is 101 Å². The summed E-state index contributed by atoms with van der Waals surface area (Å²) in [4.78, 5) is 27.9. The van der Waals surface area contributed by atoms with Crippen LogP contribution in [0.2, 0.25) is 0 Å². The van der Waals surface area contributed by atoms with Crippen molar-refractivity contribution in [3.8, 4) is 11.5 Å². The van der Waals surface area contributed by atoms with Crippen LogP contribution in [-0.2, 0) is 0 Å². The fourth-order valence-electron chi connectivity index (χ4n) is 3.71. The number of aromatic nitrogens is 3. The van der Waals surface area contributed by atoms with Gasteiger partial charge in [0.05, 0.1) is 11.9 Å². The molecule has 4 rings (SSSR count). The standard InChI is InChI=1S/C30H32N6O2/c1-19-15-24(38-25-11-13-31-20(2)16-25)8-10-27(19)35-30(37)29-9-7-23(18-33-29)34-28-12-14-32-22(4)26(28)17-21(3)36(5)6/h7-18H,1-6H3,(H,32,34)(H,35,37)/b21-17+. The summed E-state index contributed by atoms with van der Waals surface area (Å²) in [6.45, 7) is 7.86. The molecule has 3 aromatic heterocycles. The monoisotopic (exact) mass is 508 g/mol. The van der Waals surface area contributed by atoms with Gasteiger partial charge in [0.15, 0.2) is 0 Å². The fraction of sp³-hybridized carbons (Fsp3) is 0.200. The third-order valence-corrected chi connectivity index (χ3v) is 6.07. The zero-order chi connectivity index (χ0) is 27.2. The largest absolute Gasteiger partial charge is 0.457 e. The highest BCUT2D eigenvalue weighted by atomic mass is 16.5. The number of benzene rings is 1. The molecule has 0 aliphatic carbocycles. The van der Waals surface area contributed by atoms with Crippen molar-refractivity contribution in [2.75, 3.05) is 24.7 Å². The van der Waals surface area contributed by atoms with Crippen LogP contribution in [0.25, 0.3) is 6.08 Å². The first-order valence-electron chi connectivity index (χ1n) is 12.3. The normalized spacial score (nSPS) is 11.2. The topological polar surface area (TPSA) is 92.3 Å². The van der Waals surface area contributed by atoms with E-state index in [0.717, 1.165) is 39.6 Å². The van der Waals surface area contributed by atoms with E-state index in [-0.39, 0.29) is 5.91 Å². The fourth-order valence-corrected chi connectivity index (χ4v) is 3.71. The van der Waals surface area contributed by atoms with Gasteiger partial charge in [0, 0.05) is 66.6 Å². The van der Waals surface area contributed by atoms with Gasteiger partial charge in [-0.25, -0.2) is 4.98 Å². The summed E-state index contributed by atoms with van der Waals surface area (Å²) in [7, 11) is 4.01. The molecular formula is C30H32N6O2. The summed E-state index contributed by atoms with van der Waals surface area (Å²) in [5, 5.41) is 6.33. The smallest absolute Gasteiger partial charge is 0.274 e. The second-order valence-corrected chi connectivity index (χ2v) is 9.26. The molecule has 0 aliphatic rings. The number of carbonyl (C=O) groups excluding carboxylic acids is 1. The summed E-state index contributed by atoms with van der Waals surface area (Å²) in [6, 6.07) is 14.7. The molecule has 4 aromatic rings. The summed E-state index contributed by atoms with van der Waals surface area (Å²) in [5.74, 6) is 1.11. The Morgan fingerprint density at radius 3 is 2.34 bits per heavy atom. The highest BCUT2D eigenvalue weighted by Crippen LogP contribution is 2.27. The summed E-state index contributed by atoms with van der Waals surface area (Å²) < 4.78 is 5.91. The molecule has 0 radical (unpaired) electrons. The third kappa shape index (κ3) is 6.53. The van der Waals surface area contributed by atoms with Gasteiger partial charge < -0.3 is 20.3 Å². The van der Waals surface area contributed by atoms with Crippen molar-refractivity contribution < 1.29 is 9.53 Å². The number of pyridine rings is 3. The number of anilines is 3. The number of nitrogens with one attached hydrogen (secondary N) is 2. The van der Waals surface area contributed by atoms with Crippen LogP contribution in [0, 0.1) is 20.8 Å². The van der Waals surface area contributed by atoms with Crippen molar-refractivity contribution >= 4 is 29.0 Å². The Morgan fingerprint density at radius 2 is 1.66 bits per heavy atom. The van der Waals surface area contributed by atoms with Gasteiger partial charge in [-0.05, 0) is 81.8 Å². The van der Waals surface area contributed by atoms with Crippen LogP contribution in [-0.4, -0.2) is 39.9 Å². The van der Waals surface area contributed by atoms with Crippen LogP contribution in [0.4, 0.5) is 17.1 Å². The predicted octanol–water partition coefficient (Wildman–Crippen LogP) is 6.51. The van der Waals surface area contributed by atoms with Gasteiger partial charge >= 0.3 is 0 Å². The number of allylic oxidation sites excluding steroid dienone is 1. The molecule has 0 fully saturated rings. The number of hydrogen-bond acceptors (Lipinski definition) is 7. The van der Waals surface area contributed by atoms with E-state index < -0.39 is 0 Å². The lowest BCUT2D eigenvalue weighted by atomic mass is 10.1. The molecule has 1 aromatic carbocycles. The lowest BCUT2D eigenvalue weighted by Crippen LogP contribution is -2.14. The van der Waals surface area contributed by atoms with Crippen molar-refractivity contribution in [2.24, 2.45) is 0 Å². The maximum Gasteiger partial charge on any atom is 0.274 e. The summed E-state index contributed by atoms with van der Waals surface area (Å²) >= 11 is 0. The van der Waals surface area contributed by atoms with Crippen molar-refractivity contribution in [3.63, 3.8) is 0 Å². The lowest BCUT2D eigenvalue weighted by Gasteiger charge is -2.16. The van der Waals surface area contributed by atoms with Crippen molar-refractivity contribution in [1.82, 2.24) is 19.9 Å². The number of nitrogens with zero attached hydrogens (tertiary/aromatic N) is 4. The first kappa shape index (κ1) is 26.3. The molecule has 0 unspecified atom stereocenters. The van der Waals surface area contributed by atoms with E-state index in [1.807, 2.05) is 71.3 Å². The Morgan fingerprint density at radius 1 is 0.895 bits per heavy atom. The van der Waals surface area contributed by atoms with Gasteiger partial charge in [0.1, 0.15) is 17.2 Å². The molecule has 3 heterocycles. The van der Waals surface area contributed by atoms with Crippen LogP contribution in [0.5, 0.6) is 11.5 Å². The second kappa shape index (κ2) is 11.6. The lowest BCUT2D eigenvalue weighted by molar-refractivity contribution is 0.102. The average Bonchev–Trinajstić information content (AvgIpc) is 2.88. The SMILES string of the molecule is C/C(=C\c1c(Nc2ccc(C(=O)Nc3ccc(Oc4ccnc(C)c4)cc3C)nc2)ccnc1C)N(C)C. The summed E-state index contributed by atoms with van der Waals surface area (Å²) in [6.07, 6.45) is 7.22. The summed E-state index contributed by atoms with van der Waals surface area (Å²) in [5.41, 5.74) is 7.48. The van der Waals surface area contributed by atoms with Crippen molar-refractivity contribution in [1.29, 1.82) is 0 Å². The Hall–Kier alpha value is -4.72. The van der Waals surface area contributed by atoms with Gasteiger partial charge in [0.25, 0.3) is 5.91 Å². The Kier molecular flexibility index (Phi) is 8.01. The molecule has 8 nitrogen and oxygen atoms in total. The maximum absolute atomic E-state index is 12.9. The van der Waals surface area contributed by atoms with E-state index in [1.54, 1.807) is 30.7 Å². The zero-order valence-electron chi connectivity index (χ0n) is 22.5. The minimum absolute atomic E-state index is 0.289. The molecule has 8 heteroatoms. The van der Waals surface area contributed by atoms with E-state index in [0.29, 0.717) is 22.9 Å². The molecule has 2 N–H and O–H groups in total. The first-order valence-corrected chi connectivity index (χ1v) is 12.3. The minimum atomic E-state index is -0.289. The van der Waals surface area contributed by atoms with E-state index in [4.69, 9.17) is 4.74 Å². The Balaban J connectivity index is 1.44. The van der Waals surface area contributed by atoms with Gasteiger partial charge in [-0.15, -0.1) is 0 Å².